The fourth-order valence-electron chi connectivity index (χ4n) is 4.24. The third kappa shape index (κ3) is 24.2. The van der Waals surface area contributed by atoms with Crippen molar-refractivity contribution in [1.29, 1.82) is 0 Å². The number of imide groups is 1. The molecule has 0 bridgehead atoms. The molecule has 0 aromatic heterocycles. The Kier molecular flexibility index (Phi) is 27.4. The van der Waals surface area contributed by atoms with Gasteiger partial charge in [0.2, 0.25) is 29.5 Å². The van der Waals surface area contributed by atoms with Crippen LogP contribution in [-0.2, 0) is 57.1 Å². The Morgan fingerprint density at radius 3 is 1.83 bits per heavy atom. The number of rotatable bonds is 31. The average Bonchev–Trinajstić information content (AvgIpc) is 3.41. The van der Waals surface area contributed by atoms with E-state index in [2.05, 4.69) is 26.6 Å². The van der Waals surface area contributed by atoms with E-state index in [0.717, 1.165) is 4.90 Å². The smallest absolute Gasteiger partial charge is 0.407 e. The topological polar surface area (TPSA) is 247 Å². The average molecular weight is 781 g/mol. The second-order valence-electron chi connectivity index (χ2n) is 11.2. The SMILES string of the molecule is CNC(=O)CCSC1CC(=O)N(CCC(=O)NCCNC(=O)CCCOC(COC(=O)NCCOCCOC)COC(=O)NCCOCCOC)C1=O. The van der Waals surface area contributed by atoms with Crippen LogP contribution < -0.4 is 26.6 Å². The van der Waals surface area contributed by atoms with Gasteiger partial charge < -0.3 is 59.7 Å². The Morgan fingerprint density at radius 1 is 0.717 bits per heavy atom. The second kappa shape index (κ2) is 30.7. The number of thioether (sulfide) groups is 1. The Hall–Kier alpha value is -3.76. The summed E-state index contributed by atoms with van der Waals surface area (Å²) in [5.41, 5.74) is 0. The zero-order valence-corrected chi connectivity index (χ0v) is 31.7. The van der Waals surface area contributed by atoms with Crippen LogP contribution in [-0.4, -0.2) is 177 Å². The summed E-state index contributed by atoms with van der Waals surface area (Å²) in [6, 6.07) is 0. The third-order valence-electron chi connectivity index (χ3n) is 7.06. The fourth-order valence-corrected chi connectivity index (χ4v) is 5.35. The Labute approximate surface area is 314 Å². The summed E-state index contributed by atoms with van der Waals surface area (Å²) >= 11 is 1.25. The molecule has 0 aliphatic carbocycles. The van der Waals surface area contributed by atoms with Gasteiger partial charge in [0, 0.05) is 92.0 Å². The number of carbonyl (C=O) groups excluding carboxylic acids is 7. The van der Waals surface area contributed by atoms with Gasteiger partial charge in [-0.2, -0.15) is 0 Å². The molecule has 0 saturated carbocycles. The first-order valence-corrected chi connectivity index (χ1v) is 18.4. The fraction of sp³-hybridized carbons (Fsp3) is 0.781. The van der Waals surface area contributed by atoms with Gasteiger partial charge in [0.1, 0.15) is 19.3 Å². The molecule has 7 amide bonds. The number of hydrogen-bond acceptors (Lipinski definition) is 15. The van der Waals surface area contributed by atoms with Gasteiger partial charge >= 0.3 is 12.2 Å². The highest BCUT2D eigenvalue weighted by atomic mass is 32.2. The van der Waals surface area contributed by atoms with E-state index in [-0.39, 0.29) is 121 Å². The predicted molar refractivity (Wildman–Crippen MR) is 190 cm³/mol. The monoisotopic (exact) mass is 780 g/mol. The van der Waals surface area contributed by atoms with Gasteiger partial charge in [-0.3, -0.25) is 28.9 Å². The third-order valence-corrected chi connectivity index (χ3v) is 8.27. The zero-order valence-electron chi connectivity index (χ0n) is 30.9. The van der Waals surface area contributed by atoms with Gasteiger partial charge in [-0.25, -0.2) is 9.59 Å². The minimum atomic E-state index is -0.814. The van der Waals surface area contributed by atoms with Gasteiger partial charge in [0.15, 0.2) is 0 Å². The Morgan fingerprint density at radius 2 is 1.28 bits per heavy atom. The molecular weight excluding hydrogens is 724 g/mol. The van der Waals surface area contributed by atoms with Crippen molar-refractivity contribution in [2.75, 3.05) is 119 Å². The van der Waals surface area contributed by atoms with Crippen molar-refractivity contribution >= 4 is 53.5 Å². The number of amides is 7. The van der Waals surface area contributed by atoms with Gasteiger partial charge in [0.05, 0.1) is 44.9 Å². The number of carbonyl (C=O) groups is 7. The molecule has 1 saturated heterocycles. The molecule has 5 N–H and O–H groups in total. The maximum atomic E-state index is 12.5. The van der Waals surface area contributed by atoms with Gasteiger partial charge in [-0.1, -0.05) is 0 Å². The van der Waals surface area contributed by atoms with Crippen LogP contribution in [0.3, 0.4) is 0 Å². The number of methoxy groups -OCH3 is 2. The lowest BCUT2D eigenvalue weighted by molar-refractivity contribution is -0.138. The molecule has 1 aliphatic heterocycles. The van der Waals surface area contributed by atoms with Crippen LogP contribution in [0.2, 0.25) is 0 Å². The summed E-state index contributed by atoms with van der Waals surface area (Å²) < 4.78 is 36.4. The number of likely N-dealkylation sites (tertiary alicyclic amines) is 1. The largest absolute Gasteiger partial charge is 0.447 e. The van der Waals surface area contributed by atoms with Crippen molar-refractivity contribution in [1.82, 2.24) is 31.5 Å². The molecule has 1 unspecified atom stereocenters. The van der Waals surface area contributed by atoms with E-state index < -0.39 is 23.5 Å². The van der Waals surface area contributed by atoms with E-state index in [9.17, 15) is 33.6 Å². The summed E-state index contributed by atoms with van der Waals surface area (Å²) in [6.45, 7) is 2.44. The number of ether oxygens (including phenoxy) is 7. The summed E-state index contributed by atoms with van der Waals surface area (Å²) in [5.74, 6) is -1.14. The molecule has 20 nitrogen and oxygen atoms in total. The second-order valence-corrected chi connectivity index (χ2v) is 12.5. The summed E-state index contributed by atoms with van der Waals surface area (Å²) in [4.78, 5) is 85.9. The molecule has 0 spiro atoms. The minimum Gasteiger partial charge on any atom is -0.447 e. The number of alkyl carbamates (subject to hydrolysis) is 2. The molecule has 1 atom stereocenters. The van der Waals surface area contributed by atoms with Crippen LogP contribution in [0.5, 0.6) is 0 Å². The highest BCUT2D eigenvalue weighted by Gasteiger charge is 2.38. The van der Waals surface area contributed by atoms with Gasteiger partial charge in [-0.05, 0) is 6.42 Å². The van der Waals surface area contributed by atoms with Crippen LogP contribution >= 0.6 is 11.8 Å². The minimum absolute atomic E-state index is 0.0332. The first-order chi connectivity index (χ1) is 25.6. The molecule has 0 aromatic rings. The van der Waals surface area contributed by atoms with Gasteiger partial charge in [-0.15, -0.1) is 11.8 Å². The summed E-state index contributed by atoms with van der Waals surface area (Å²) in [5, 5.41) is 12.3. The molecule has 53 heavy (non-hydrogen) atoms. The molecule has 0 radical (unpaired) electrons. The normalized spacial score (nSPS) is 13.9. The zero-order chi connectivity index (χ0) is 39.1. The van der Waals surface area contributed by atoms with Crippen molar-refractivity contribution in [3.63, 3.8) is 0 Å². The number of hydrogen-bond donors (Lipinski definition) is 5. The lowest BCUT2D eigenvalue weighted by Crippen LogP contribution is -2.38. The highest BCUT2D eigenvalue weighted by molar-refractivity contribution is 8.00. The van der Waals surface area contributed by atoms with Crippen molar-refractivity contribution in [2.45, 2.75) is 43.5 Å². The maximum absolute atomic E-state index is 12.5. The van der Waals surface area contributed by atoms with Crippen LogP contribution in [0.1, 0.15) is 32.1 Å². The van der Waals surface area contributed by atoms with E-state index in [1.54, 1.807) is 14.2 Å². The highest BCUT2D eigenvalue weighted by Crippen LogP contribution is 2.25. The number of nitrogens with one attached hydrogen (secondary N) is 5. The molecule has 1 heterocycles. The first kappa shape index (κ1) is 47.3. The molecule has 1 fully saturated rings. The van der Waals surface area contributed by atoms with Crippen LogP contribution in [0.4, 0.5) is 9.59 Å². The Bertz CT molecular complexity index is 1090. The summed E-state index contributed by atoms with van der Waals surface area (Å²) in [6.07, 6.45) is -1.66. The molecule has 1 aliphatic rings. The van der Waals surface area contributed by atoms with Crippen molar-refractivity contribution in [3.05, 3.63) is 0 Å². The van der Waals surface area contributed by atoms with E-state index in [1.807, 2.05) is 0 Å². The first-order valence-electron chi connectivity index (χ1n) is 17.4. The van der Waals surface area contributed by atoms with E-state index in [4.69, 9.17) is 33.2 Å². The van der Waals surface area contributed by atoms with Crippen molar-refractivity contribution in [2.24, 2.45) is 0 Å². The summed E-state index contributed by atoms with van der Waals surface area (Å²) in [7, 11) is 4.63. The molecule has 21 heteroatoms. The standard InChI is InChI=1S/C32H56N6O14S/c1-33-26(39)7-20-53-25-21-29(42)38(30(25)43)12-6-28(41)35-9-8-34-27(40)5-4-13-50-24(22-51-31(44)36-10-14-48-18-16-46-2)23-52-32(45)37-11-15-49-19-17-47-3/h24-25H,4-23H2,1-3H3,(H,33,39)(H,34,40)(H,35,41)(H,36,44)(H,37,45). The quantitative estimate of drug-likeness (QED) is 0.0399. The van der Waals surface area contributed by atoms with E-state index in [1.165, 1.54) is 18.8 Å². The molecule has 0 aromatic carbocycles. The Balaban J connectivity index is 2.32. The van der Waals surface area contributed by atoms with Crippen LogP contribution in [0, 0.1) is 0 Å². The molecular formula is C32H56N6O14S. The lowest BCUT2D eigenvalue weighted by Gasteiger charge is -2.18. The van der Waals surface area contributed by atoms with Gasteiger partial charge in [0.25, 0.3) is 0 Å². The van der Waals surface area contributed by atoms with Crippen LogP contribution in [0.25, 0.3) is 0 Å². The van der Waals surface area contributed by atoms with Crippen molar-refractivity contribution in [3.8, 4) is 0 Å². The maximum Gasteiger partial charge on any atom is 0.407 e. The lowest BCUT2D eigenvalue weighted by atomic mass is 10.3. The van der Waals surface area contributed by atoms with E-state index in [0.29, 0.717) is 38.6 Å². The van der Waals surface area contributed by atoms with Crippen LogP contribution in [0.15, 0.2) is 0 Å². The molecule has 304 valence electrons. The molecule has 1 rings (SSSR count). The predicted octanol–water partition coefficient (Wildman–Crippen LogP) is -1.45. The number of nitrogens with zero attached hydrogens (tertiary/aromatic N) is 1. The van der Waals surface area contributed by atoms with Crippen molar-refractivity contribution < 1.29 is 66.7 Å². The van der Waals surface area contributed by atoms with E-state index >= 15 is 0 Å².